The number of nitrogens with zero attached hydrogens (tertiary/aromatic N) is 4. The van der Waals surface area contributed by atoms with Crippen LogP contribution in [0, 0.1) is 0 Å². The molecule has 0 bridgehead atoms. The molecule has 1 fully saturated rings. The first kappa shape index (κ1) is 17.0. The molecule has 0 spiro atoms. The molecule has 2 heterocycles. The van der Waals surface area contributed by atoms with Gasteiger partial charge in [-0.15, -0.1) is 0 Å². The summed E-state index contributed by atoms with van der Waals surface area (Å²) in [6.45, 7) is 4.30. The second kappa shape index (κ2) is 6.94. The van der Waals surface area contributed by atoms with Crippen molar-refractivity contribution in [1.29, 1.82) is 0 Å². The van der Waals surface area contributed by atoms with E-state index in [4.69, 9.17) is 0 Å². The number of aryl methyl sites for hydroxylation is 1. The Kier molecular flexibility index (Phi) is 4.91. The number of rotatable bonds is 4. The van der Waals surface area contributed by atoms with Gasteiger partial charge in [-0.2, -0.15) is 13.2 Å². The Balaban J connectivity index is 1.57. The Bertz CT molecular complexity index is 672. The van der Waals surface area contributed by atoms with Gasteiger partial charge in [0.05, 0.1) is 12.1 Å². The SMILES string of the molecule is Cn1ccnc1CN1CCN(Cc2ccccc2C(F)(F)F)CC1. The van der Waals surface area contributed by atoms with Crippen molar-refractivity contribution in [3.8, 4) is 0 Å². The number of alkyl halides is 3. The number of hydrogen-bond donors (Lipinski definition) is 0. The molecule has 0 saturated carbocycles. The lowest BCUT2D eigenvalue weighted by molar-refractivity contribution is -0.138. The van der Waals surface area contributed by atoms with E-state index in [0.29, 0.717) is 12.1 Å². The van der Waals surface area contributed by atoms with Gasteiger partial charge in [-0.05, 0) is 11.6 Å². The van der Waals surface area contributed by atoms with Gasteiger partial charge in [0.2, 0.25) is 0 Å². The van der Waals surface area contributed by atoms with Crippen molar-refractivity contribution >= 4 is 0 Å². The van der Waals surface area contributed by atoms with E-state index in [9.17, 15) is 13.2 Å². The van der Waals surface area contributed by atoms with Gasteiger partial charge < -0.3 is 4.57 Å². The van der Waals surface area contributed by atoms with Crippen molar-refractivity contribution in [3.63, 3.8) is 0 Å². The highest BCUT2D eigenvalue weighted by molar-refractivity contribution is 5.29. The Morgan fingerprint density at radius 2 is 1.62 bits per heavy atom. The van der Waals surface area contributed by atoms with Gasteiger partial charge in [0.15, 0.2) is 0 Å². The van der Waals surface area contributed by atoms with Gasteiger partial charge in [-0.25, -0.2) is 4.98 Å². The fourth-order valence-corrected chi connectivity index (χ4v) is 3.03. The molecule has 0 aliphatic carbocycles. The third kappa shape index (κ3) is 3.96. The molecule has 130 valence electrons. The minimum absolute atomic E-state index is 0.339. The molecule has 1 aliphatic rings. The smallest absolute Gasteiger partial charge is 0.337 e. The average Bonchev–Trinajstić information content (AvgIpc) is 2.94. The number of imidazole rings is 1. The summed E-state index contributed by atoms with van der Waals surface area (Å²) in [5, 5.41) is 0. The quantitative estimate of drug-likeness (QED) is 0.857. The topological polar surface area (TPSA) is 24.3 Å². The van der Waals surface area contributed by atoms with Crippen LogP contribution in [0.5, 0.6) is 0 Å². The summed E-state index contributed by atoms with van der Waals surface area (Å²) in [5.74, 6) is 1.01. The van der Waals surface area contributed by atoms with Crippen LogP contribution in [-0.2, 0) is 26.3 Å². The van der Waals surface area contributed by atoms with E-state index in [1.165, 1.54) is 6.07 Å². The van der Waals surface area contributed by atoms with Gasteiger partial charge >= 0.3 is 6.18 Å². The number of hydrogen-bond acceptors (Lipinski definition) is 3. The first-order valence-corrected chi connectivity index (χ1v) is 7.99. The van der Waals surface area contributed by atoms with Crippen molar-refractivity contribution in [2.45, 2.75) is 19.3 Å². The maximum atomic E-state index is 13.1. The summed E-state index contributed by atoms with van der Waals surface area (Å²) in [6.07, 6.45) is -0.601. The number of piperazine rings is 1. The molecule has 0 amide bonds. The molecular weight excluding hydrogens is 317 g/mol. The van der Waals surface area contributed by atoms with Crippen molar-refractivity contribution in [3.05, 3.63) is 53.6 Å². The highest BCUT2D eigenvalue weighted by Crippen LogP contribution is 2.32. The van der Waals surface area contributed by atoms with Gasteiger partial charge in [-0.1, -0.05) is 18.2 Å². The van der Waals surface area contributed by atoms with Gasteiger partial charge in [0, 0.05) is 52.2 Å². The standard InChI is InChI=1S/C17H21F3N4/c1-22-7-6-21-16(22)13-24-10-8-23(9-11-24)12-14-4-2-3-5-15(14)17(18,19)20/h2-7H,8-13H2,1H3. The summed E-state index contributed by atoms with van der Waals surface area (Å²) >= 11 is 0. The van der Waals surface area contributed by atoms with Crippen molar-refractivity contribution in [2.24, 2.45) is 7.05 Å². The Labute approximate surface area is 139 Å². The van der Waals surface area contributed by atoms with Crippen LogP contribution < -0.4 is 0 Å². The fraction of sp³-hybridized carbons (Fsp3) is 0.471. The Morgan fingerprint density at radius 1 is 1.00 bits per heavy atom. The molecule has 24 heavy (non-hydrogen) atoms. The number of halogens is 3. The zero-order chi connectivity index (χ0) is 17.2. The molecule has 1 saturated heterocycles. The largest absolute Gasteiger partial charge is 0.416 e. The van der Waals surface area contributed by atoms with Crippen LogP contribution in [0.3, 0.4) is 0 Å². The predicted octanol–water partition coefficient (Wildman–Crippen LogP) is 2.76. The lowest BCUT2D eigenvalue weighted by Gasteiger charge is -2.34. The normalized spacial score (nSPS) is 17.3. The van der Waals surface area contributed by atoms with Crippen molar-refractivity contribution in [2.75, 3.05) is 26.2 Å². The molecular formula is C17H21F3N4. The Hall–Kier alpha value is -1.86. The molecule has 1 aliphatic heterocycles. The van der Waals surface area contributed by atoms with Crippen LogP contribution in [0.15, 0.2) is 36.7 Å². The predicted molar refractivity (Wildman–Crippen MR) is 85.2 cm³/mol. The molecule has 0 unspecified atom stereocenters. The van der Waals surface area contributed by atoms with Crippen LogP contribution in [-0.4, -0.2) is 45.5 Å². The van der Waals surface area contributed by atoms with E-state index in [0.717, 1.165) is 44.6 Å². The minimum Gasteiger partial charge on any atom is -0.337 e. The third-order valence-electron chi connectivity index (χ3n) is 4.47. The van der Waals surface area contributed by atoms with Crippen LogP contribution in [0.2, 0.25) is 0 Å². The molecule has 1 aromatic carbocycles. The maximum absolute atomic E-state index is 13.1. The van der Waals surface area contributed by atoms with Crippen LogP contribution in [0.25, 0.3) is 0 Å². The third-order valence-corrected chi connectivity index (χ3v) is 4.47. The molecule has 4 nitrogen and oxygen atoms in total. The number of benzene rings is 1. The van der Waals surface area contributed by atoms with E-state index < -0.39 is 11.7 Å². The van der Waals surface area contributed by atoms with Crippen LogP contribution in [0.4, 0.5) is 13.2 Å². The van der Waals surface area contributed by atoms with E-state index in [-0.39, 0.29) is 0 Å². The summed E-state index contributed by atoms with van der Waals surface area (Å²) < 4.78 is 41.2. The van der Waals surface area contributed by atoms with E-state index in [1.807, 2.05) is 17.8 Å². The van der Waals surface area contributed by atoms with E-state index in [2.05, 4.69) is 14.8 Å². The first-order chi connectivity index (χ1) is 11.4. The van der Waals surface area contributed by atoms with E-state index >= 15 is 0 Å². The van der Waals surface area contributed by atoms with Crippen molar-refractivity contribution < 1.29 is 13.2 Å². The monoisotopic (exact) mass is 338 g/mol. The maximum Gasteiger partial charge on any atom is 0.416 e. The molecule has 1 aromatic heterocycles. The first-order valence-electron chi connectivity index (χ1n) is 7.99. The molecule has 0 N–H and O–H groups in total. The average molecular weight is 338 g/mol. The summed E-state index contributed by atoms with van der Waals surface area (Å²) in [4.78, 5) is 8.69. The lowest BCUT2D eigenvalue weighted by Crippen LogP contribution is -2.45. The molecule has 0 radical (unpaired) electrons. The number of aromatic nitrogens is 2. The van der Waals surface area contributed by atoms with E-state index in [1.54, 1.807) is 18.3 Å². The fourth-order valence-electron chi connectivity index (χ4n) is 3.03. The summed E-state index contributed by atoms with van der Waals surface area (Å²) in [5.41, 5.74) is -0.178. The molecule has 7 heteroatoms. The van der Waals surface area contributed by atoms with Gasteiger partial charge in [0.25, 0.3) is 0 Å². The Morgan fingerprint density at radius 3 is 2.21 bits per heavy atom. The van der Waals surface area contributed by atoms with Crippen LogP contribution >= 0.6 is 0 Å². The zero-order valence-corrected chi connectivity index (χ0v) is 13.6. The second-order valence-electron chi connectivity index (χ2n) is 6.16. The van der Waals surface area contributed by atoms with Gasteiger partial charge in [-0.3, -0.25) is 9.80 Å². The minimum atomic E-state index is -4.30. The highest BCUT2D eigenvalue weighted by Gasteiger charge is 2.33. The lowest BCUT2D eigenvalue weighted by atomic mass is 10.1. The molecule has 3 rings (SSSR count). The van der Waals surface area contributed by atoms with Gasteiger partial charge in [0.1, 0.15) is 5.82 Å². The summed E-state index contributed by atoms with van der Waals surface area (Å²) in [7, 11) is 1.96. The summed E-state index contributed by atoms with van der Waals surface area (Å²) in [6, 6.07) is 5.84. The molecule has 2 aromatic rings. The second-order valence-corrected chi connectivity index (χ2v) is 6.16. The molecule has 0 atom stereocenters. The van der Waals surface area contributed by atoms with Crippen LogP contribution in [0.1, 0.15) is 17.0 Å². The highest BCUT2D eigenvalue weighted by atomic mass is 19.4. The van der Waals surface area contributed by atoms with Crippen molar-refractivity contribution in [1.82, 2.24) is 19.4 Å². The zero-order valence-electron chi connectivity index (χ0n) is 13.6.